The summed E-state index contributed by atoms with van der Waals surface area (Å²) in [4.78, 5) is 35.3. The summed E-state index contributed by atoms with van der Waals surface area (Å²) in [6.45, 7) is 7.87. The largest absolute Gasteiger partial charge is 0.370 e. The molecule has 5 heteroatoms. The number of ketones is 2. The maximum absolute atomic E-state index is 12.7. The van der Waals surface area contributed by atoms with E-state index < -0.39 is 5.60 Å². The van der Waals surface area contributed by atoms with Gasteiger partial charge in [-0.2, -0.15) is 0 Å². The summed E-state index contributed by atoms with van der Waals surface area (Å²) in [7, 11) is 0. The van der Waals surface area contributed by atoms with E-state index in [1.165, 1.54) is 6.08 Å². The zero-order chi connectivity index (χ0) is 18.4. The Hall–Kier alpha value is -1.59. The molecule has 0 radical (unpaired) electrons. The molecule has 25 heavy (non-hydrogen) atoms. The van der Waals surface area contributed by atoms with Crippen molar-refractivity contribution in [2.75, 3.05) is 6.61 Å². The average Bonchev–Trinajstić information content (AvgIpc) is 2.85. The lowest BCUT2D eigenvalue weighted by Gasteiger charge is -2.37. The summed E-state index contributed by atoms with van der Waals surface area (Å²) < 4.78 is 12.5. The second-order valence-corrected chi connectivity index (χ2v) is 7.89. The average molecular weight is 346 g/mol. The second kappa shape index (κ2) is 6.61. The Morgan fingerprint density at radius 3 is 2.76 bits per heavy atom. The van der Waals surface area contributed by atoms with E-state index in [0.717, 1.165) is 11.9 Å². The lowest BCUT2D eigenvalue weighted by molar-refractivity contribution is -0.127. The molecule has 5 nitrogen and oxygen atoms in total. The number of allylic oxidation sites excluding steroid dienone is 2. The van der Waals surface area contributed by atoms with Crippen LogP contribution in [0, 0.1) is 23.7 Å². The number of hydrogen-bond donors (Lipinski definition) is 0. The van der Waals surface area contributed by atoms with Gasteiger partial charge < -0.3 is 9.47 Å². The van der Waals surface area contributed by atoms with Gasteiger partial charge >= 0.3 is 0 Å². The molecule has 0 saturated carbocycles. The highest BCUT2D eigenvalue weighted by Gasteiger charge is 2.60. The Balaban J connectivity index is 2.09. The Morgan fingerprint density at radius 2 is 2.12 bits per heavy atom. The quantitative estimate of drug-likeness (QED) is 0.577. The molecule has 136 valence electrons. The van der Waals surface area contributed by atoms with Crippen molar-refractivity contribution in [2.45, 2.75) is 51.9 Å². The van der Waals surface area contributed by atoms with Crippen LogP contribution in [-0.2, 0) is 23.9 Å². The number of Topliss-reactive ketones (excluding diaryl/α,β-unsaturated/α-hetero) is 1. The van der Waals surface area contributed by atoms with E-state index in [9.17, 15) is 14.4 Å². The van der Waals surface area contributed by atoms with Gasteiger partial charge in [-0.1, -0.05) is 12.5 Å². The number of ether oxygens (including phenoxy) is 2. The highest BCUT2D eigenvalue weighted by molar-refractivity contribution is 5.94. The van der Waals surface area contributed by atoms with E-state index in [2.05, 4.69) is 0 Å². The number of carbonyl (C=O) groups excluding carboxylic acids is 3. The predicted octanol–water partition coefficient (Wildman–Crippen LogP) is 2.29. The maximum Gasteiger partial charge on any atom is 0.159 e. The van der Waals surface area contributed by atoms with Crippen molar-refractivity contribution in [3.63, 3.8) is 0 Å². The molecule has 2 aliphatic heterocycles. The minimum absolute atomic E-state index is 0.0321. The van der Waals surface area contributed by atoms with Gasteiger partial charge in [-0.25, -0.2) is 0 Å². The van der Waals surface area contributed by atoms with E-state index in [-0.39, 0.29) is 47.4 Å². The summed E-state index contributed by atoms with van der Waals surface area (Å²) in [6.07, 6.45) is 5.31. The van der Waals surface area contributed by atoms with Gasteiger partial charge in [0.1, 0.15) is 17.7 Å². The minimum Gasteiger partial charge on any atom is -0.370 e. The van der Waals surface area contributed by atoms with Crippen LogP contribution >= 0.6 is 0 Å². The van der Waals surface area contributed by atoms with Crippen molar-refractivity contribution in [2.24, 2.45) is 23.7 Å². The molecule has 0 aromatic rings. The molecule has 7 atom stereocenters. The third kappa shape index (κ3) is 3.04. The molecule has 3 aliphatic rings. The molecule has 0 aromatic carbocycles. The van der Waals surface area contributed by atoms with Gasteiger partial charge in [0, 0.05) is 24.2 Å². The molecule has 1 aliphatic carbocycles. The van der Waals surface area contributed by atoms with Gasteiger partial charge in [-0.05, 0) is 44.9 Å². The lowest BCUT2D eigenvalue weighted by Crippen LogP contribution is -2.46. The molecule has 0 unspecified atom stereocenters. The van der Waals surface area contributed by atoms with Crippen LogP contribution in [0.15, 0.2) is 23.8 Å². The predicted molar refractivity (Wildman–Crippen MR) is 91.9 cm³/mol. The molecule has 0 aromatic heterocycles. The highest BCUT2D eigenvalue weighted by atomic mass is 16.6. The van der Waals surface area contributed by atoms with E-state index >= 15 is 0 Å². The first-order valence-electron chi connectivity index (χ1n) is 8.92. The number of hydrogen-bond acceptors (Lipinski definition) is 5. The van der Waals surface area contributed by atoms with Gasteiger partial charge in [0.2, 0.25) is 0 Å². The van der Waals surface area contributed by atoms with Crippen LogP contribution in [0.4, 0.5) is 0 Å². The van der Waals surface area contributed by atoms with Crippen LogP contribution in [0.3, 0.4) is 0 Å². The van der Waals surface area contributed by atoms with Crippen LogP contribution in [0.5, 0.6) is 0 Å². The zero-order valence-corrected chi connectivity index (χ0v) is 15.2. The summed E-state index contributed by atoms with van der Waals surface area (Å²) in [5.74, 6) is 0.0582. The van der Waals surface area contributed by atoms with Crippen LogP contribution in [0.2, 0.25) is 0 Å². The van der Waals surface area contributed by atoms with E-state index in [1.807, 2.05) is 20.8 Å². The summed E-state index contributed by atoms with van der Waals surface area (Å²) in [5.41, 5.74) is 0.187. The fourth-order valence-corrected chi connectivity index (χ4v) is 4.92. The van der Waals surface area contributed by atoms with Gasteiger partial charge in [0.15, 0.2) is 5.78 Å². The maximum atomic E-state index is 12.7. The Morgan fingerprint density at radius 1 is 1.40 bits per heavy atom. The fraction of sp³-hybridized carbons (Fsp3) is 0.650. The number of aldehydes is 1. The monoisotopic (exact) mass is 346 g/mol. The number of rotatable bonds is 4. The molecule has 2 heterocycles. The van der Waals surface area contributed by atoms with Crippen molar-refractivity contribution in [3.05, 3.63) is 23.8 Å². The van der Waals surface area contributed by atoms with Gasteiger partial charge in [0.05, 0.1) is 18.8 Å². The standard InChI is InChI=1S/C20H26O5/c1-11-8-14(23)16-12(2)10-24-20(4,6-5-7-21)19-18(16)17(11)15(25-19)9-13(3)22/h5-8,12,15-19H,9-10H2,1-4H3/b6-5+/t12-,15+,16-,17-,18-,19+,20-/m0/s1. The van der Waals surface area contributed by atoms with Crippen molar-refractivity contribution in [3.8, 4) is 0 Å². The highest BCUT2D eigenvalue weighted by Crippen LogP contribution is 2.53. The molecule has 2 fully saturated rings. The Bertz CT molecular complexity index is 648. The molecule has 0 bridgehead atoms. The van der Waals surface area contributed by atoms with Gasteiger partial charge in [-0.15, -0.1) is 0 Å². The van der Waals surface area contributed by atoms with E-state index in [4.69, 9.17) is 9.47 Å². The molecule has 3 rings (SSSR count). The van der Waals surface area contributed by atoms with Crippen LogP contribution in [0.1, 0.15) is 34.1 Å². The van der Waals surface area contributed by atoms with Gasteiger partial charge in [0.25, 0.3) is 0 Å². The smallest absolute Gasteiger partial charge is 0.159 e. The summed E-state index contributed by atoms with van der Waals surface area (Å²) in [6, 6.07) is 0. The minimum atomic E-state index is -0.795. The van der Waals surface area contributed by atoms with E-state index in [0.29, 0.717) is 13.0 Å². The molecular weight excluding hydrogens is 320 g/mol. The van der Waals surface area contributed by atoms with Crippen molar-refractivity contribution in [1.29, 1.82) is 0 Å². The first-order valence-corrected chi connectivity index (χ1v) is 8.92. The summed E-state index contributed by atoms with van der Waals surface area (Å²) in [5, 5.41) is 0. The fourth-order valence-electron chi connectivity index (χ4n) is 4.92. The van der Waals surface area contributed by atoms with Gasteiger partial charge in [-0.3, -0.25) is 14.4 Å². The third-order valence-corrected chi connectivity index (χ3v) is 5.95. The molecule has 0 amide bonds. The van der Waals surface area contributed by atoms with Crippen LogP contribution < -0.4 is 0 Å². The summed E-state index contributed by atoms with van der Waals surface area (Å²) >= 11 is 0. The Kier molecular flexibility index (Phi) is 4.82. The van der Waals surface area contributed by atoms with Crippen LogP contribution in [0.25, 0.3) is 0 Å². The van der Waals surface area contributed by atoms with Crippen molar-refractivity contribution >= 4 is 17.9 Å². The molecule has 0 N–H and O–H groups in total. The topological polar surface area (TPSA) is 69.7 Å². The molecule has 2 saturated heterocycles. The van der Waals surface area contributed by atoms with E-state index in [1.54, 1.807) is 19.1 Å². The van der Waals surface area contributed by atoms with Crippen molar-refractivity contribution < 1.29 is 23.9 Å². The van der Waals surface area contributed by atoms with Crippen LogP contribution in [-0.4, -0.2) is 42.3 Å². The SMILES string of the molecule is CC(=O)C[C@H]1O[C@@H]2[C@@H]3[C@H]1C(C)=CC(=O)[C@@H]3[C@@H](C)CO[C@@]2(C)/C=C/C=O. The zero-order valence-electron chi connectivity index (χ0n) is 15.2. The second-order valence-electron chi connectivity index (χ2n) is 7.89. The molecular formula is C20H26O5. The first kappa shape index (κ1) is 18.2. The Labute approximate surface area is 148 Å². The van der Waals surface area contributed by atoms with Crippen molar-refractivity contribution in [1.82, 2.24) is 0 Å². The third-order valence-electron chi connectivity index (χ3n) is 5.95. The normalized spacial score (nSPS) is 43.5. The lowest BCUT2D eigenvalue weighted by atomic mass is 9.63. The molecule has 0 spiro atoms. The number of carbonyl (C=O) groups is 3. The first-order chi connectivity index (χ1) is 11.8.